The van der Waals surface area contributed by atoms with Gasteiger partial charge in [0.05, 0.1) is 5.69 Å². The molecule has 0 atom stereocenters. The fourth-order valence-electron chi connectivity index (χ4n) is 1.11. The van der Waals surface area contributed by atoms with Crippen LogP contribution in [-0.2, 0) is 0 Å². The summed E-state index contributed by atoms with van der Waals surface area (Å²) < 4.78 is 0. The summed E-state index contributed by atoms with van der Waals surface area (Å²) in [4.78, 5) is 8.69. The Hall–Kier alpha value is -1.29. The molecule has 0 bridgehead atoms. The van der Waals surface area contributed by atoms with Gasteiger partial charge in [-0.05, 0) is 31.2 Å². The Labute approximate surface area is 87.1 Å². The van der Waals surface area contributed by atoms with Gasteiger partial charge in [-0.2, -0.15) is 0 Å². The van der Waals surface area contributed by atoms with Gasteiger partial charge < -0.3 is 5.73 Å². The Kier molecular flexibility index (Phi) is 2.54. The van der Waals surface area contributed by atoms with Gasteiger partial charge in [0.2, 0.25) is 0 Å². The van der Waals surface area contributed by atoms with Crippen LogP contribution in [0.25, 0.3) is 0 Å². The quantitative estimate of drug-likeness (QED) is 0.716. The second kappa shape index (κ2) is 3.84. The van der Waals surface area contributed by atoms with E-state index in [0.29, 0.717) is 0 Å². The van der Waals surface area contributed by atoms with Crippen LogP contribution in [0.4, 0.5) is 11.4 Å². The molecule has 14 heavy (non-hydrogen) atoms. The molecule has 3 nitrogen and oxygen atoms in total. The van der Waals surface area contributed by atoms with E-state index in [0.717, 1.165) is 28.0 Å². The molecule has 0 unspecified atom stereocenters. The monoisotopic (exact) mass is 205 g/mol. The van der Waals surface area contributed by atoms with Crippen LogP contribution in [0, 0.1) is 0 Å². The second-order valence-electron chi connectivity index (χ2n) is 3.12. The summed E-state index contributed by atoms with van der Waals surface area (Å²) >= 11 is 1.66. The van der Waals surface area contributed by atoms with Crippen molar-refractivity contribution in [2.45, 2.75) is 6.92 Å². The normalized spacial score (nSPS) is 18.6. The van der Waals surface area contributed by atoms with Gasteiger partial charge in [-0.15, -0.1) is 0 Å². The fourth-order valence-corrected chi connectivity index (χ4v) is 1.91. The summed E-state index contributed by atoms with van der Waals surface area (Å²) in [5.41, 5.74) is 8.36. The first kappa shape index (κ1) is 9.27. The van der Waals surface area contributed by atoms with Crippen LogP contribution in [0.1, 0.15) is 6.92 Å². The van der Waals surface area contributed by atoms with Gasteiger partial charge in [-0.25, -0.2) is 9.98 Å². The van der Waals surface area contributed by atoms with E-state index in [9.17, 15) is 0 Å². The Morgan fingerprint density at radius 2 is 2.07 bits per heavy atom. The first-order valence-corrected chi connectivity index (χ1v) is 5.34. The second-order valence-corrected chi connectivity index (χ2v) is 4.06. The number of nitrogens with two attached hydrogens (primary N) is 1. The number of amidine groups is 1. The Morgan fingerprint density at radius 1 is 1.36 bits per heavy atom. The number of aliphatic imine (C=N–C) groups is 2. The molecule has 0 aromatic heterocycles. The first-order valence-electron chi connectivity index (χ1n) is 4.35. The molecule has 0 saturated carbocycles. The lowest BCUT2D eigenvalue weighted by molar-refractivity contribution is 1.50. The van der Waals surface area contributed by atoms with Crippen LogP contribution < -0.4 is 5.73 Å². The topological polar surface area (TPSA) is 50.7 Å². The minimum atomic E-state index is 0.757. The van der Waals surface area contributed by atoms with Gasteiger partial charge >= 0.3 is 0 Å². The molecule has 1 aliphatic rings. The smallest absolute Gasteiger partial charge is 0.188 e. The van der Waals surface area contributed by atoms with E-state index in [4.69, 9.17) is 5.73 Å². The van der Waals surface area contributed by atoms with Crippen molar-refractivity contribution >= 4 is 34.0 Å². The SMILES string of the molecule is CC1=NC(=Nc2ccc(N)cc2)SC1. The zero-order valence-electron chi connectivity index (χ0n) is 7.90. The molecule has 0 saturated heterocycles. The number of hydrogen-bond acceptors (Lipinski definition) is 3. The van der Waals surface area contributed by atoms with Crippen molar-refractivity contribution < 1.29 is 0 Å². The predicted octanol–water partition coefficient (Wildman–Crippen LogP) is 2.46. The Morgan fingerprint density at radius 3 is 2.64 bits per heavy atom. The number of nitrogen functional groups attached to an aromatic ring is 1. The number of thioether (sulfide) groups is 1. The third-order valence-electron chi connectivity index (χ3n) is 1.81. The standard InChI is InChI=1S/C10H11N3S/c1-7-6-14-10(12-7)13-9-4-2-8(11)3-5-9/h2-5H,6,11H2,1H3. The molecule has 0 fully saturated rings. The molecule has 72 valence electrons. The summed E-state index contributed by atoms with van der Waals surface area (Å²) in [6, 6.07) is 7.48. The minimum absolute atomic E-state index is 0.757. The van der Waals surface area contributed by atoms with Crippen molar-refractivity contribution in [1.29, 1.82) is 0 Å². The molecule has 1 heterocycles. The maximum Gasteiger partial charge on any atom is 0.188 e. The highest BCUT2D eigenvalue weighted by molar-refractivity contribution is 8.14. The van der Waals surface area contributed by atoms with E-state index in [1.165, 1.54) is 0 Å². The van der Waals surface area contributed by atoms with Crippen LogP contribution in [0.15, 0.2) is 34.3 Å². The van der Waals surface area contributed by atoms with Gasteiger partial charge in [0.25, 0.3) is 0 Å². The molecule has 1 aromatic rings. The van der Waals surface area contributed by atoms with Gasteiger partial charge in [0, 0.05) is 17.2 Å². The maximum atomic E-state index is 5.58. The van der Waals surface area contributed by atoms with Crippen molar-refractivity contribution in [2.75, 3.05) is 11.5 Å². The summed E-state index contributed by atoms with van der Waals surface area (Å²) in [6.07, 6.45) is 0. The van der Waals surface area contributed by atoms with Crippen LogP contribution in [0.5, 0.6) is 0 Å². The van der Waals surface area contributed by atoms with Crippen molar-refractivity contribution in [2.24, 2.45) is 9.98 Å². The minimum Gasteiger partial charge on any atom is -0.399 e. The van der Waals surface area contributed by atoms with Gasteiger partial charge in [0.15, 0.2) is 5.17 Å². The Bertz CT molecular complexity index is 392. The number of nitrogens with zero attached hydrogens (tertiary/aromatic N) is 2. The van der Waals surface area contributed by atoms with Crippen LogP contribution in [0.3, 0.4) is 0 Å². The highest BCUT2D eigenvalue weighted by Gasteiger charge is 2.08. The number of anilines is 1. The van der Waals surface area contributed by atoms with E-state index in [1.54, 1.807) is 11.8 Å². The summed E-state index contributed by atoms with van der Waals surface area (Å²) in [7, 11) is 0. The van der Waals surface area contributed by atoms with Crippen LogP contribution >= 0.6 is 11.8 Å². The van der Waals surface area contributed by atoms with Gasteiger partial charge in [-0.1, -0.05) is 11.8 Å². The van der Waals surface area contributed by atoms with E-state index < -0.39 is 0 Å². The zero-order valence-corrected chi connectivity index (χ0v) is 8.71. The predicted molar refractivity (Wildman–Crippen MR) is 63.5 cm³/mol. The van der Waals surface area contributed by atoms with E-state index in [-0.39, 0.29) is 0 Å². The highest BCUT2D eigenvalue weighted by atomic mass is 32.2. The first-order chi connectivity index (χ1) is 6.74. The molecule has 0 aliphatic carbocycles. The molecule has 0 spiro atoms. The lowest BCUT2D eigenvalue weighted by atomic mass is 10.3. The maximum absolute atomic E-state index is 5.58. The number of hydrogen-bond donors (Lipinski definition) is 1. The van der Waals surface area contributed by atoms with Crippen LogP contribution in [0.2, 0.25) is 0 Å². The fraction of sp³-hybridized carbons (Fsp3) is 0.200. The average molecular weight is 205 g/mol. The number of rotatable bonds is 1. The molecular weight excluding hydrogens is 194 g/mol. The molecule has 0 amide bonds. The van der Waals surface area contributed by atoms with Crippen molar-refractivity contribution in [3.63, 3.8) is 0 Å². The molecule has 1 aliphatic heterocycles. The molecular formula is C10H11N3S. The van der Waals surface area contributed by atoms with Gasteiger partial charge in [0.1, 0.15) is 0 Å². The van der Waals surface area contributed by atoms with Gasteiger partial charge in [-0.3, -0.25) is 0 Å². The largest absolute Gasteiger partial charge is 0.399 e. The molecule has 4 heteroatoms. The number of benzene rings is 1. The summed E-state index contributed by atoms with van der Waals surface area (Å²) in [6.45, 7) is 2.01. The van der Waals surface area contributed by atoms with E-state index in [2.05, 4.69) is 9.98 Å². The molecule has 2 rings (SSSR count). The van der Waals surface area contributed by atoms with Crippen molar-refractivity contribution in [1.82, 2.24) is 0 Å². The lowest BCUT2D eigenvalue weighted by Gasteiger charge is -1.95. The van der Waals surface area contributed by atoms with Crippen molar-refractivity contribution in [3.8, 4) is 0 Å². The third kappa shape index (κ3) is 2.14. The highest BCUT2D eigenvalue weighted by Crippen LogP contribution is 2.21. The molecule has 0 radical (unpaired) electrons. The van der Waals surface area contributed by atoms with E-state index in [1.807, 2.05) is 31.2 Å². The average Bonchev–Trinajstić information content (AvgIpc) is 2.56. The summed E-state index contributed by atoms with van der Waals surface area (Å²) in [5.74, 6) is 0.952. The Balaban J connectivity index is 2.22. The van der Waals surface area contributed by atoms with Crippen molar-refractivity contribution in [3.05, 3.63) is 24.3 Å². The summed E-state index contributed by atoms with van der Waals surface area (Å²) in [5, 5.41) is 0.840. The lowest BCUT2D eigenvalue weighted by Crippen LogP contribution is -1.84. The molecule has 2 N–H and O–H groups in total. The zero-order chi connectivity index (χ0) is 9.97. The molecule has 1 aromatic carbocycles. The third-order valence-corrected chi connectivity index (χ3v) is 2.82. The van der Waals surface area contributed by atoms with Crippen LogP contribution in [-0.4, -0.2) is 16.6 Å². The van der Waals surface area contributed by atoms with E-state index >= 15 is 0 Å².